The lowest BCUT2D eigenvalue weighted by molar-refractivity contribution is 0.0979. The summed E-state index contributed by atoms with van der Waals surface area (Å²) in [5.41, 5.74) is 2.96. The van der Waals surface area contributed by atoms with E-state index in [2.05, 4.69) is 37.1 Å². The Bertz CT molecular complexity index is 1150. The van der Waals surface area contributed by atoms with Gasteiger partial charge in [-0.15, -0.1) is 25.3 Å². The molecule has 0 aliphatic heterocycles. The number of fused-ring (bicyclic) bond motifs is 2. The van der Waals surface area contributed by atoms with Crippen LogP contribution in [0.2, 0.25) is 0 Å². The fraction of sp³-hybridized carbons (Fsp3) is 0. The zero-order valence-corrected chi connectivity index (χ0v) is 15.3. The molecular formula is C22H12O2S2. The number of carbonyl (C=O) groups excluding carboxylic acids is 2. The van der Waals surface area contributed by atoms with Gasteiger partial charge in [0.25, 0.3) is 0 Å². The zero-order chi connectivity index (χ0) is 18.3. The summed E-state index contributed by atoms with van der Waals surface area (Å²) in [6.45, 7) is 0. The summed E-state index contributed by atoms with van der Waals surface area (Å²) in [7, 11) is 0. The summed E-state index contributed by atoms with van der Waals surface area (Å²) >= 11 is 8.63. The van der Waals surface area contributed by atoms with Gasteiger partial charge in [0.05, 0.1) is 0 Å². The Kier molecular flexibility index (Phi) is 4.20. The van der Waals surface area contributed by atoms with Crippen LogP contribution in [0.1, 0.15) is 43.0 Å². The van der Waals surface area contributed by atoms with Gasteiger partial charge in [0, 0.05) is 43.2 Å². The van der Waals surface area contributed by atoms with Crippen molar-refractivity contribution in [3.63, 3.8) is 0 Å². The highest BCUT2D eigenvalue weighted by atomic mass is 32.1. The van der Waals surface area contributed by atoms with Gasteiger partial charge >= 0.3 is 0 Å². The molecule has 0 radical (unpaired) electrons. The zero-order valence-electron chi connectivity index (χ0n) is 13.5. The molecule has 0 bridgehead atoms. The number of hydrogen-bond donors (Lipinski definition) is 2. The largest absolute Gasteiger partial charge is 0.289 e. The molecule has 124 valence electrons. The summed E-state index contributed by atoms with van der Waals surface area (Å²) in [5.74, 6) is 5.77. The number of hydrogen-bond acceptors (Lipinski definition) is 4. The van der Waals surface area contributed by atoms with Crippen molar-refractivity contribution in [3.05, 3.63) is 94.0 Å². The van der Waals surface area contributed by atoms with Gasteiger partial charge in [-0.2, -0.15) is 0 Å². The van der Waals surface area contributed by atoms with Gasteiger partial charge in [0.15, 0.2) is 11.6 Å². The maximum absolute atomic E-state index is 12.9. The number of ketones is 2. The number of benzene rings is 3. The van der Waals surface area contributed by atoms with Crippen LogP contribution >= 0.6 is 25.3 Å². The summed E-state index contributed by atoms with van der Waals surface area (Å²) in [6, 6.07) is 17.6. The predicted octanol–water partition coefficient (Wildman–Crippen LogP) is 4.44. The van der Waals surface area contributed by atoms with Crippen LogP contribution in [0.15, 0.2) is 70.5 Å². The molecule has 0 unspecified atom stereocenters. The van der Waals surface area contributed by atoms with Gasteiger partial charge in [-0.3, -0.25) is 9.59 Å². The Hall–Kier alpha value is -2.74. The van der Waals surface area contributed by atoms with Crippen molar-refractivity contribution in [1.82, 2.24) is 0 Å². The first-order chi connectivity index (χ1) is 12.6. The highest BCUT2D eigenvalue weighted by Crippen LogP contribution is 2.29. The molecule has 0 saturated heterocycles. The van der Waals surface area contributed by atoms with Crippen LogP contribution in [0.5, 0.6) is 0 Å². The van der Waals surface area contributed by atoms with Crippen molar-refractivity contribution in [3.8, 4) is 11.8 Å². The highest BCUT2D eigenvalue weighted by molar-refractivity contribution is 7.83. The second-order valence-corrected chi connectivity index (χ2v) is 6.85. The van der Waals surface area contributed by atoms with Gasteiger partial charge < -0.3 is 0 Å². The van der Waals surface area contributed by atoms with Crippen LogP contribution in [0, 0.1) is 11.8 Å². The Labute approximate surface area is 162 Å². The van der Waals surface area contributed by atoms with E-state index in [0.29, 0.717) is 27.8 Å². The Morgan fingerprint density at radius 1 is 0.654 bits per heavy atom. The molecule has 0 aromatic heterocycles. The minimum Gasteiger partial charge on any atom is -0.289 e. The molecule has 1 aliphatic rings. The average molecular weight is 372 g/mol. The first kappa shape index (κ1) is 16.7. The third-order valence-electron chi connectivity index (χ3n) is 4.27. The lowest BCUT2D eigenvalue weighted by Gasteiger charge is -2.18. The van der Waals surface area contributed by atoms with Crippen molar-refractivity contribution < 1.29 is 9.59 Å². The third kappa shape index (κ3) is 2.76. The fourth-order valence-electron chi connectivity index (χ4n) is 2.99. The smallest absolute Gasteiger partial charge is 0.195 e. The number of carbonyl (C=O) groups is 2. The quantitative estimate of drug-likeness (QED) is 0.353. The molecule has 0 heterocycles. The molecule has 3 aromatic rings. The van der Waals surface area contributed by atoms with Crippen LogP contribution in [0.3, 0.4) is 0 Å². The van der Waals surface area contributed by atoms with Crippen LogP contribution in [0.25, 0.3) is 0 Å². The topological polar surface area (TPSA) is 34.1 Å². The van der Waals surface area contributed by atoms with Crippen LogP contribution in [-0.2, 0) is 0 Å². The van der Waals surface area contributed by atoms with Crippen LogP contribution < -0.4 is 0 Å². The second-order valence-electron chi connectivity index (χ2n) is 5.89. The SMILES string of the molecule is O=C1c2ccccc2C(=O)c2c(C#Cc3ccc(S)c(S)c3)cccc21. The summed E-state index contributed by atoms with van der Waals surface area (Å²) in [4.78, 5) is 27.2. The van der Waals surface area contributed by atoms with Crippen molar-refractivity contribution in [2.24, 2.45) is 0 Å². The highest BCUT2D eigenvalue weighted by Gasteiger charge is 2.30. The maximum atomic E-state index is 12.9. The third-order valence-corrected chi connectivity index (χ3v) is 5.21. The molecular weight excluding hydrogens is 360 g/mol. The van der Waals surface area contributed by atoms with E-state index in [-0.39, 0.29) is 11.6 Å². The molecule has 4 heteroatoms. The summed E-state index contributed by atoms with van der Waals surface area (Å²) < 4.78 is 0. The van der Waals surface area contributed by atoms with E-state index in [1.54, 1.807) is 42.5 Å². The molecule has 3 aromatic carbocycles. The molecule has 1 aliphatic carbocycles. The number of thiol groups is 2. The van der Waals surface area contributed by atoms with Gasteiger partial charge in [-0.05, 0) is 24.3 Å². The van der Waals surface area contributed by atoms with E-state index < -0.39 is 0 Å². The lowest BCUT2D eigenvalue weighted by Crippen LogP contribution is -2.21. The molecule has 4 rings (SSSR count). The predicted molar refractivity (Wildman–Crippen MR) is 107 cm³/mol. The van der Waals surface area contributed by atoms with Crippen LogP contribution in [-0.4, -0.2) is 11.6 Å². The Balaban J connectivity index is 1.84. The summed E-state index contributed by atoms with van der Waals surface area (Å²) in [5, 5.41) is 0. The molecule has 0 atom stereocenters. The monoisotopic (exact) mass is 372 g/mol. The molecule has 0 saturated carbocycles. The van der Waals surface area contributed by atoms with Crippen molar-refractivity contribution >= 4 is 36.8 Å². The van der Waals surface area contributed by atoms with Gasteiger partial charge in [0.1, 0.15) is 0 Å². The van der Waals surface area contributed by atoms with Gasteiger partial charge in [-0.25, -0.2) is 0 Å². The standard InChI is InChI=1S/C22H12O2S2/c23-21-15-5-1-2-6-16(15)22(24)20-14(4-3-7-17(20)21)10-8-13-9-11-18(25)19(26)12-13/h1-7,9,11-12,25-26H. The Morgan fingerprint density at radius 2 is 1.35 bits per heavy atom. The first-order valence-corrected chi connectivity index (χ1v) is 8.81. The van der Waals surface area contributed by atoms with Crippen molar-refractivity contribution in [1.29, 1.82) is 0 Å². The molecule has 2 nitrogen and oxygen atoms in total. The molecule has 26 heavy (non-hydrogen) atoms. The molecule has 0 fully saturated rings. The van der Waals surface area contributed by atoms with Crippen LogP contribution in [0.4, 0.5) is 0 Å². The van der Waals surface area contributed by atoms with E-state index in [1.165, 1.54) is 0 Å². The summed E-state index contributed by atoms with van der Waals surface area (Å²) in [6.07, 6.45) is 0. The van der Waals surface area contributed by atoms with E-state index >= 15 is 0 Å². The molecule has 0 spiro atoms. The van der Waals surface area contributed by atoms with Crippen molar-refractivity contribution in [2.45, 2.75) is 9.79 Å². The minimum absolute atomic E-state index is 0.143. The minimum atomic E-state index is -0.166. The van der Waals surface area contributed by atoms with Gasteiger partial charge in [-0.1, -0.05) is 48.2 Å². The fourth-order valence-corrected chi connectivity index (χ4v) is 3.34. The van der Waals surface area contributed by atoms with Crippen molar-refractivity contribution in [2.75, 3.05) is 0 Å². The normalized spacial score (nSPS) is 12.1. The lowest BCUT2D eigenvalue weighted by atomic mass is 9.82. The second kappa shape index (κ2) is 6.53. The molecule has 0 amide bonds. The van der Waals surface area contributed by atoms with E-state index in [1.807, 2.05) is 18.2 Å². The van der Waals surface area contributed by atoms with E-state index in [4.69, 9.17) is 0 Å². The number of rotatable bonds is 0. The van der Waals surface area contributed by atoms with E-state index in [0.717, 1.165) is 15.4 Å². The van der Waals surface area contributed by atoms with E-state index in [9.17, 15) is 9.59 Å². The maximum Gasteiger partial charge on any atom is 0.195 e. The average Bonchev–Trinajstić information content (AvgIpc) is 2.67. The molecule has 0 N–H and O–H groups in total. The van der Waals surface area contributed by atoms with Gasteiger partial charge in [0.2, 0.25) is 0 Å². The first-order valence-electron chi connectivity index (χ1n) is 7.91. The Morgan fingerprint density at radius 3 is 2.08 bits per heavy atom.